The van der Waals surface area contributed by atoms with Gasteiger partial charge in [-0.25, -0.2) is 9.78 Å². The molecule has 2 rings (SSSR count). The van der Waals surface area contributed by atoms with Crippen LogP contribution in [0.1, 0.15) is 30.3 Å². The summed E-state index contributed by atoms with van der Waals surface area (Å²) < 4.78 is 16.2. The van der Waals surface area contributed by atoms with E-state index in [0.29, 0.717) is 31.7 Å². The van der Waals surface area contributed by atoms with Gasteiger partial charge < -0.3 is 14.7 Å². The summed E-state index contributed by atoms with van der Waals surface area (Å²) >= 11 is 0. The van der Waals surface area contributed by atoms with E-state index in [-0.39, 0.29) is 12.3 Å². The molecule has 1 unspecified atom stereocenters. The average molecular weight is 340 g/mol. The predicted octanol–water partition coefficient (Wildman–Crippen LogP) is 1.06. The Morgan fingerprint density at radius 2 is 2.04 bits per heavy atom. The van der Waals surface area contributed by atoms with Crippen molar-refractivity contribution in [2.45, 2.75) is 24.5 Å². The van der Waals surface area contributed by atoms with Crippen LogP contribution >= 0.6 is 0 Å². The molecule has 1 atom stereocenters. The fourth-order valence-corrected chi connectivity index (χ4v) is 3.74. The number of anilines is 1. The monoisotopic (exact) mass is 340 g/mol. The van der Waals surface area contributed by atoms with E-state index >= 15 is 0 Å². The van der Waals surface area contributed by atoms with Gasteiger partial charge in [0.2, 0.25) is 0 Å². The molecule has 0 saturated carbocycles. The van der Waals surface area contributed by atoms with Gasteiger partial charge in [-0.3, -0.25) is 9.00 Å². The van der Waals surface area contributed by atoms with Crippen LogP contribution in [0, 0.1) is 0 Å². The molecule has 0 bridgehead atoms. The van der Waals surface area contributed by atoms with E-state index in [1.54, 1.807) is 19.1 Å². The molecular weight excluding hydrogens is 320 g/mol. The molecule has 1 aromatic heterocycles. The van der Waals surface area contributed by atoms with E-state index < -0.39 is 27.5 Å². The number of rotatable bonds is 5. The molecule has 1 saturated heterocycles. The van der Waals surface area contributed by atoms with E-state index in [0.717, 1.165) is 0 Å². The van der Waals surface area contributed by atoms with E-state index in [1.807, 2.05) is 4.90 Å². The zero-order chi connectivity index (χ0) is 17.0. The Labute approximate surface area is 137 Å². The number of hydrogen-bond acceptors (Lipinski definition) is 6. The van der Waals surface area contributed by atoms with Gasteiger partial charge in [-0.2, -0.15) is 0 Å². The highest BCUT2D eigenvalue weighted by atomic mass is 32.2. The topological polar surface area (TPSA) is 96.8 Å². The molecule has 1 aliphatic rings. The fraction of sp³-hybridized carbons (Fsp3) is 0.533. The molecule has 0 amide bonds. The lowest BCUT2D eigenvalue weighted by Crippen LogP contribution is -2.53. The first-order valence-electron chi connectivity index (χ1n) is 7.37. The summed E-state index contributed by atoms with van der Waals surface area (Å²) in [6, 6.07) is 4.80. The van der Waals surface area contributed by atoms with Crippen LogP contribution in [0.2, 0.25) is 0 Å². The summed E-state index contributed by atoms with van der Waals surface area (Å²) in [5.41, 5.74) is -0.0243. The number of carbonyl (C=O) groups excluding carboxylic acids is 1. The highest BCUT2D eigenvalue weighted by molar-refractivity contribution is 7.86. The van der Waals surface area contributed by atoms with Gasteiger partial charge in [0.25, 0.3) is 0 Å². The summed E-state index contributed by atoms with van der Waals surface area (Å²) in [6.45, 7) is 2.91. The van der Waals surface area contributed by atoms with Crippen molar-refractivity contribution in [3.8, 4) is 0 Å². The van der Waals surface area contributed by atoms with Gasteiger partial charge in [0, 0.05) is 30.1 Å². The lowest BCUT2D eigenvalue weighted by atomic mass is 9.95. The van der Waals surface area contributed by atoms with Gasteiger partial charge in [0.15, 0.2) is 5.69 Å². The Hall–Kier alpha value is -1.96. The van der Waals surface area contributed by atoms with Crippen molar-refractivity contribution in [2.24, 2.45) is 0 Å². The number of carbonyl (C=O) groups is 2. The van der Waals surface area contributed by atoms with Crippen molar-refractivity contribution in [3.63, 3.8) is 0 Å². The van der Waals surface area contributed by atoms with E-state index in [1.165, 1.54) is 12.3 Å². The molecule has 23 heavy (non-hydrogen) atoms. The van der Waals surface area contributed by atoms with E-state index in [9.17, 15) is 13.8 Å². The minimum atomic E-state index is -1.34. The molecule has 0 aliphatic carbocycles. The number of pyridine rings is 1. The fourth-order valence-electron chi connectivity index (χ4n) is 2.69. The average Bonchev–Trinajstić information content (AvgIpc) is 2.55. The van der Waals surface area contributed by atoms with Crippen LogP contribution in [-0.2, 0) is 20.3 Å². The second-order valence-electron chi connectivity index (χ2n) is 5.34. The quantitative estimate of drug-likeness (QED) is 0.801. The van der Waals surface area contributed by atoms with Crippen molar-refractivity contribution in [1.82, 2.24) is 4.98 Å². The molecule has 1 aromatic rings. The molecule has 1 fully saturated rings. The lowest BCUT2D eigenvalue weighted by Gasteiger charge is -2.38. The number of piperidine rings is 1. The smallest absolute Gasteiger partial charge is 0.354 e. The number of carboxylic acid groups (broad SMARTS) is 1. The Kier molecular flexibility index (Phi) is 5.35. The van der Waals surface area contributed by atoms with Crippen LogP contribution in [0.15, 0.2) is 18.2 Å². The molecular formula is C15H20N2O5S. The van der Waals surface area contributed by atoms with E-state index in [2.05, 4.69) is 4.98 Å². The Morgan fingerprint density at radius 3 is 2.57 bits per heavy atom. The summed E-state index contributed by atoms with van der Waals surface area (Å²) in [7, 11) is -1.34. The maximum Gasteiger partial charge on any atom is 0.354 e. The first-order valence-corrected chi connectivity index (χ1v) is 8.92. The van der Waals surface area contributed by atoms with Crippen LogP contribution in [-0.4, -0.2) is 56.9 Å². The molecule has 1 aliphatic heterocycles. The maximum absolute atomic E-state index is 12.2. The lowest BCUT2D eigenvalue weighted by molar-refractivity contribution is -0.146. The third-order valence-electron chi connectivity index (χ3n) is 4.05. The molecule has 2 heterocycles. The number of hydrogen-bond donors (Lipinski definition) is 1. The van der Waals surface area contributed by atoms with Gasteiger partial charge in [0.05, 0.1) is 6.61 Å². The summed E-state index contributed by atoms with van der Waals surface area (Å²) in [5, 5.41) is 9.01. The number of carboxylic acids is 1. The van der Waals surface area contributed by atoms with Crippen LogP contribution in [0.4, 0.5) is 5.82 Å². The third-order valence-corrected chi connectivity index (χ3v) is 5.72. The highest BCUT2D eigenvalue weighted by Crippen LogP contribution is 2.31. The summed E-state index contributed by atoms with van der Waals surface area (Å²) in [6.07, 6.45) is 2.29. The van der Waals surface area contributed by atoms with Gasteiger partial charge in [-0.1, -0.05) is 6.07 Å². The van der Waals surface area contributed by atoms with Crippen molar-refractivity contribution in [1.29, 1.82) is 0 Å². The molecule has 0 spiro atoms. The molecule has 0 radical (unpaired) electrons. The molecule has 7 nitrogen and oxygen atoms in total. The van der Waals surface area contributed by atoms with Crippen molar-refractivity contribution >= 4 is 28.6 Å². The van der Waals surface area contributed by atoms with Crippen LogP contribution in [0.25, 0.3) is 0 Å². The minimum absolute atomic E-state index is 0.0243. The van der Waals surface area contributed by atoms with Crippen LogP contribution in [0.5, 0.6) is 0 Å². The Balaban J connectivity index is 2.16. The first-order chi connectivity index (χ1) is 10.9. The summed E-state index contributed by atoms with van der Waals surface area (Å²) in [5.74, 6) is -0.962. The van der Waals surface area contributed by atoms with Crippen molar-refractivity contribution < 1.29 is 23.6 Å². The highest BCUT2D eigenvalue weighted by Gasteiger charge is 2.46. The van der Waals surface area contributed by atoms with Gasteiger partial charge in [-0.05, 0) is 31.9 Å². The second kappa shape index (κ2) is 7.08. The standard InChI is InChI=1S/C15H20N2O5S/c1-3-22-14(20)15(23(2)21)7-9-17(10-8-15)12-6-4-5-11(16-12)13(18)19/h4-6H,3,7-10H2,1-2H3,(H,18,19). The number of aromatic nitrogens is 1. The largest absolute Gasteiger partial charge is 0.477 e. The SMILES string of the molecule is CCOC(=O)C1(S(C)=O)CCN(c2cccc(C(=O)O)n2)CC1. The molecule has 8 heteroatoms. The number of nitrogens with zero attached hydrogens (tertiary/aromatic N) is 2. The van der Waals surface area contributed by atoms with Gasteiger partial charge in [0.1, 0.15) is 10.6 Å². The van der Waals surface area contributed by atoms with Crippen LogP contribution in [0.3, 0.4) is 0 Å². The Morgan fingerprint density at radius 1 is 1.39 bits per heavy atom. The van der Waals surface area contributed by atoms with Gasteiger partial charge >= 0.3 is 11.9 Å². The molecule has 126 valence electrons. The third kappa shape index (κ3) is 3.52. The predicted molar refractivity (Wildman–Crippen MR) is 86.1 cm³/mol. The normalized spacial score (nSPS) is 18.3. The first kappa shape index (κ1) is 17.4. The second-order valence-corrected chi connectivity index (χ2v) is 7.03. The minimum Gasteiger partial charge on any atom is -0.477 e. The maximum atomic E-state index is 12.2. The molecule has 1 N–H and O–H groups in total. The number of aromatic carboxylic acids is 1. The Bertz CT molecular complexity index is 626. The van der Waals surface area contributed by atoms with Crippen LogP contribution < -0.4 is 4.90 Å². The van der Waals surface area contributed by atoms with E-state index in [4.69, 9.17) is 9.84 Å². The van der Waals surface area contributed by atoms with Crippen molar-refractivity contribution in [2.75, 3.05) is 30.9 Å². The zero-order valence-corrected chi connectivity index (χ0v) is 14.0. The molecule has 0 aromatic carbocycles. The van der Waals surface area contributed by atoms with Gasteiger partial charge in [-0.15, -0.1) is 0 Å². The number of ether oxygens (including phenoxy) is 1. The number of esters is 1. The zero-order valence-electron chi connectivity index (χ0n) is 13.2. The van der Waals surface area contributed by atoms with Crippen molar-refractivity contribution in [3.05, 3.63) is 23.9 Å². The summed E-state index contributed by atoms with van der Waals surface area (Å²) in [4.78, 5) is 29.2.